The van der Waals surface area contributed by atoms with Gasteiger partial charge < -0.3 is 5.32 Å². The fourth-order valence-corrected chi connectivity index (χ4v) is 0.693. The fourth-order valence-electron chi connectivity index (χ4n) is 0.231. The van der Waals surface area contributed by atoms with Gasteiger partial charge in [-0.15, -0.1) is 0 Å². The van der Waals surface area contributed by atoms with Crippen molar-refractivity contribution in [3.05, 3.63) is 0 Å². The predicted octanol–water partition coefficient (Wildman–Crippen LogP) is -1.29. The van der Waals surface area contributed by atoms with E-state index in [9.17, 15) is 8.42 Å². The number of rotatable bonds is 3. The molecule has 9 heavy (non-hydrogen) atoms. The van der Waals surface area contributed by atoms with Crippen molar-refractivity contribution in [1.29, 1.82) is 0 Å². The first-order valence-electron chi connectivity index (χ1n) is 2.16. The molecule has 0 aliphatic carbocycles. The normalized spacial score (nSPS) is 10.4. The molecule has 4 nitrogen and oxygen atoms in total. The van der Waals surface area contributed by atoms with Gasteiger partial charge in [0.2, 0.25) is 0 Å². The van der Waals surface area contributed by atoms with Crippen LogP contribution in [0.4, 0.5) is 0 Å². The van der Waals surface area contributed by atoms with Crippen LogP contribution in [-0.4, -0.2) is 70.1 Å². The molecular formula is C3H9CaNO3S. The molecule has 0 saturated heterocycles. The Labute approximate surface area is 84.8 Å². The third-order valence-electron chi connectivity index (χ3n) is 0.610. The molecule has 0 aromatic rings. The van der Waals surface area contributed by atoms with Crippen molar-refractivity contribution in [1.82, 2.24) is 5.32 Å². The third kappa shape index (κ3) is 12.4. The monoisotopic (exact) mass is 179 g/mol. The summed E-state index contributed by atoms with van der Waals surface area (Å²) in [6.07, 6.45) is 0. The van der Waals surface area contributed by atoms with Gasteiger partial charge in [-0.3, -0.25) is 4.55 Å². The molecule has 2 radical (unpaired) electrons. The Hall–Kier alpha value is 1.13. The number of hydrogen-bond donors (Lipinski definition) is 2. The molecule has 0 aliphatic rings. The van der Waals surface area contributed by atoms with Crippen LogP contribution in [0.5, 0.6) is 0 Å². The van der Waals surface area contributed by atoms with E-state index in [4.69, 9.17) is 4.55 Å². The molecule has 0 amide bonds. The minimum absolute atomic E-state index is 0. The van der Waals surface area contributed by atoms with Crippen molar-refractivity contribution >= 4 is 47.9 Å². The van der Waals surface area contributed by atoms with E-state index in [1.54, 1.807) is 7.05 Å². The first-order chi connectivity index (χ1) is 3.56. The van der Waals surface area contributed by atoms with Crippen LogP contribution in [-0.2, 0) is 10.1 Å². The van der Waals surface area contributed by atoms with Crippen molar-refractivity contribution in [2.45, 2.75) is 0 Å². The zero-order chi connectivity index (χ0) is 6.62. The smallest absolute Gasteiger partial charge is 0.266 e. The van der Waals surface area contributed by atoms with Crippen molar-refractivity contribution in [2.24, 2.45) is 0 Å². The molecule has 0 unspecified atom stereocenters. The summed E-state index contributed by atoms with van der Waals surface area (Å²) in [6, 6.07) is 0. The van der Waals surface area contributed by atoms with Crippen LogP contribution in [0.1, 0.15) is 0 Å². The summed E-state index contributed by atoms with van der Waals surface area (Å²) in [5, 5.41) is 2.59. The van der Waals surface area contributed by atoms with E-state index >= 15 is 0 Å². The zero-order valence-corrected chi connectivity index (χ0v) is 8.32. The van der Waals surface area contributed by atoms with Gasteiger partial charge in [-0.1, -0.05) is 0 Å². The van der Waals surface area contributed by atoms with Crippen LogP contribution < -0.4 is 5.32 Å². The zero-order valence-electron chi connectivity index (χ0n) is 5.29. The summed E-state index contributed by atoms with van der Waals surface area (Å²) in [5.74, 6) is -0.219. The Balaban J connectivity index is 0. The Kier molecular flexibility index (Phi) is 8.35. The minimum atomic E-state index is -3.75. The molecule has 0 spiro atoms. The van der Waals surface area contributed by atoms with Gasteiger partial charge in [-0.2, -0.15) is 8.42 Å². The summed E-state index contributed by atoms with van der Waals surface area (Å²) in [7, 11) is -2.13. The Morgan fingerprint density at radius 2 is 2.00 bits per heavy atom. The van der Waals surface area contributed by atoms with Crippen LogP contribution >= 0.6 is 0 Å². The largest absolute Gasteiger partial charge is 0.319 e. The van der Waals surface area contributed by atoms with Crippen molar-refractivity contribution < 1.29 is 13.0 Å². The van der Waals surface area contributed by atoms with E-state index in [2.05, 4.69) is 5.32 Å². The number of nitrogens with one attached hydrogen (secondary N) is 1. The first-order valence-corrected chi connectivity index (χ1v) is 3.77. The van der Waals surface area contributed by atoms with Gasteiger partial charge in [0.1, 0.15) is 0 Å². The molecule has 2 N–H and O–H groups in total. The molecule has 0 fully saturated rings. The summed E-state index contributed by atoms with van der Waals surface area (Å²) in [5.41, 5.74) is 0. The standard InChI is InChI=1S/C3H9NO3S.Ca/c1-4-2-3-8(5,6)7;/h4H,2-3H2,1H3,(H,5,6,7);. The van der Waals surface area contributed by atoms with Gasteiger partial charge in [0.15, 0.2) is 0 Å². The average molecular weight is 179 g/mol. The van der Waals surface area contributed by atoms with E-state index in [0.717, 1.165) is 0 Å². The Bertz CT molecular complexity index is 143. The molecule has 0 rings (SSSR count). The molecule has 0 aliphatic heterocycles. The molecule has 0 aromatic heterocycles. The number of hydrogen-bond acceptors (Lipinski definition) is 3. The fraction of sp³-hybridized carbons (Fsp3) is 1.00. The second-order valence-electron chi connectivity index (χ2n) is 1.39. The summed E-state index contributed by atoms with van der Waals surface area (Å²) in [4.78, 5) is 0. The predicted molar refractivity (Wildman–Crippen MR) is 36.1 cm³/mol. The topological polar surface area (TPSA) is 66.4 Å². The summed E-state index contributed by atoms with van der Waals surface area (Å²) in [6.45, 7) is 0.291. The summed E-state index contributed by atoms with van der Waals surface area (Å²) < 4.78 is 27.9. The van der Waals surface area contributed by atoms with E-state index in [-0.39, 0.29) is 43.5 Å². The molecule has 0 saturated carbocycles. The van der Waals surface area contributed by atoms with Crippen LogP contribution in [0.2, 0.25) is 0 Å². The molecule has 0 atom stereocenters. The Morgan fingerprint density at radius 3 is 2.11 bits per heavy atom. The molecule has 6 heteroatoms. The van der Waals surface area contributed by atoms with E-state index in [1.165, 1.54) is 0 Å². The van der Waals surface area contributed by atoms with Gasteiger partial charge >= 0.3 is 0 Å². The van der Waals surface area contributed by atoms with E-state index in [0.29, 0.717) is 6.54 Å². The second-order valence-corrected chi connectivity index (χ2v) is 2.96. The maximum absolute atomic E-state index is 9.91. The van der Waals surface area contributed by atoms with Crippen LogP contribution in [0.3, 0.4) is 0 Å². The maximum Gasteiger partial charge on any atom is 0.266 e. The van der Waals surface area contributed by atoms with Gasteiger partial charge in [-0.05, 0) is 7.05 Å². The Morgan fingerprint density at radius 1 is 1.56 bits per heavy atom. The second kappa shape index (κ2) is 5.88. The quantitative estimate of drug-likeness (QED) is 0.418. The van der Waals surface area contributed by atoms with Crippen LogP contribution in [0.15, 0.2) is 0 Å². The van der Waals surface area contributed by atoms with Gasteiger partial charge in [0, 0.05) is 44.3 Å². The minimum Gasteiger partial charge on any atom is -0.319 e. The first kappa shape index (κ1) is 12.8. The summed E-state index contributed by atoms with van der Waals surface area (Å²) >= 11 is 0. The molecular weight excluding hydrogens is 170 g/mol. The molecule has 0 heterocycles. The van der Waals surface area contributed by atoms with E-state index in [1.807, 2.05) is 0 Å². The molecule has 0 aromatic carbocycles. The average Bonchev–Trinajstić information content (AvgIpc) is 1.59. The van der Waals surface area contributed by atoms with Crippen LogP contribution in [0.25, 0.3) is 0 Å². The maximum atomic E-state index is 9.91. The third-order valence-corrected chi connectivity index (χ3v) is 1.33. The SMILES string of the molecule is CNCCS(=O)(=O)O.[Ca]. The van der Waals surface area contributed by atoms with E-state index < -0.39 is 10.1 Å². The van der Waals surface area contributed by atoms with Crippen molar-refractivity contribution in [3.63, 3.8) is 0 Å². The van der Waals surface area contributed by atoms with Crippen LogP contribution in [0, 0.1) is 0 Å². The van der Waals surface area contributed by atoms with Crippen molar-refractivity contribution in [2.75, 3.05) is 19.3 Å². The molecule has 0 bridgehead atoms. The van der Waals surface area contributed by atoms with Gasteiger partial charge in [-0.25, -0.2) is 0 Å². The van der Waals surface area contributed by atoms with Crippen molar-refractivity contribution in [3.8, 4) is 0 Å². The molecule has 52 valence electrons. The van der Waals surface area contributed by atoms with Gasteiger partial charge in [0.05, 0.1) is 5.75 Å². The van der Waals surface area contributed by atoms with Gasteiger partial charge in [0.25, 0.3) is 10.1 Å².